The molecule has 29 heavy (non-hydrogen) atoms. The van der Waals surface area contributed by atoms with Crippen molar-refractivity contribution in [3.05, 3.63) is 65.7 Å². The van der Waals surface area contributed by atoms with E-state index in [1.54, 1.807) is 0 Å². The second-order valence-electron chi connectivity index (χ2n) is 8.52. The molecule has 1 saturated heterocycles. The summed E-state index contributed by atoms with van der Waals surface area (Å²) in [5.74, 6) is 0.642. The Hall–Kier alpha value is -2.62. The molecule has 154 valence electrons. The van der Waals surface area contributed by atoms with E-state index in [0.717, 1.165) is 17.7 Å². The van der Waals surface area contributed by atoms with E-state index in [1.165, 1.54) is 5.56 Å². The summed E-state index contributed by atoms with van der Waals surface area (Å²) in [7, 11) is 0. The van der Waals surface area contributed by atoms with Crippen molar-refractivity contribution in [1.29, 1.82) is 0 Å². The second-order valence-corrected chi connectivity index (χ2v) is 8.52. The molecule has 0 aliphatic carbocycles. The van der Waals surface area contributed by atoms with Crippen LogP contribution in [0.15, 0.2) is 54.6 Å². The summed E-state index contributed by atoms with van der Waals surface area (Å²) in [6.07, 6.45) is 2.48. The average Bonchev–Trinajstić information content (AvgIpc) is 2.73. The van der Waals surface area contributed by atoms with Gasteiger partial charge in [-0.2, -0.15) is 0 Å². The SMILES string of the molecule is CC(C)Cc1ccc(C(C)C(=O)N2CCC(C(=O)Nc3ccccc3)CC2)cc1. The second kappa shape index (κ2) is 9.73. The van der Waals surface area contributed by atoms with Crippen LogP contribution in [0.1, 0.15) is 50.7 Å². The highest BCUT2D eigenvalue weighted by Crippen LogP contribution is 2.25. The number of hydrogen-bond acceptors (Lipinski definition) is 2. The summed E-state index contributed by atoms with van der Waals surface area (Å²) in [5.41, 5.74) is 3.20. The van der Waals surface area contributed by atoms with E-state index in [4.69, 9.17) is 0 Å². The van der Waals surface area contributed by atoms with Crippen LogP contribution in [0.3, 0.4) is 0 Å². The smallest absolute Gasteiger partial charge is 0.229 e. The topological polar surface area (TPSA) is 49.4 Å². The fourth-order valence-electron chi connectivity index (χ4n) is 3.96. The van der Waals surface area contributed by atoms with Crippen LogP contribution < -0.4 is 5.32 Å². The van der Waals surface area contributed by atoms with Gasteiger partial charge >= 0.3 is 0 Å². The summed E-state index contributed by atoms with van der Waals surface area (Å²) in [4.78, 5) is 27.4. The number of piperidine rings is 1. The van der Waals surface area contributed by atoms with Crippen molar-refractivity contribution in [3.8, 4) is 0 Å². The van der Waals surface area contributed by atoms with Gasteiger partial charge in [0.2, 0.25) is 11.8 Å². The summed E-state index contributed by atoms with van der Waals surface area (Å²) < 4.78 is 0. The zero-order valence-corrected chi connectivity index (χ0v) is 17.7. The third-order valence-electron chi connectivity index (χ3n) is 5.71. The van der Waals surface area contributed by atoms with E-state index in [0.29, 0.717) is 31.8 Å². The fraction of sp³-hybridized carbons (Fsp3) is 0.440. The summed E-state index contributed by atoms with van der Waals surface area (Å²) in [6.45, 7) is 7.69. The van der Waals surface area contributed by atoms with Gasteiger partial charge in [-0.25, -0.2) is 0 Å². The van der Waals surface area contributed by atoms with Crippen molar-refractivity contribution in [2.45, 2.75) is 46.0 Å². The molecule has 0 aromatic heterocycles. The molecule has 1 fully saturated rings. The third kappa shape index (κ3) is 5.69. The molecule has 2 amide bonds. The van der Waals surface area contributed by atoms with E-state index < -0.39 is 0 Å². The molecular formula is C25H32N2O2. The van der Waals surface area contributed by atoms with Crippen LogP contribution in [0, 0.1) is 11.8 Å². The van der Waals surface area contributed by atoms with Gasteiger partial charge in [0.25, 0.3) is 0 Å². The van der Waals surface area contributed by atoms with Crippen LogP contribution >= 0.6 is 0 Å². The van der Waals surface area contributed by atoms with Gasteiger partial charge in [-0.3, -0.25) is 9.59 Å². The molecule has 1 aliphatic heterocycles. The van der Waals surface area contributed by atoms with Gasteiger partial charge in [0, 0.05) is 24.7 Å². The lowest BCUT2D eigenvalue weighted by Crippen LogP contribution is -2.43. The Kier molecular flexibility index (Phi) is 7.08. The number of likely N-dealkylation sites (tertiary alicyclic amines) is 1. The number of para-hydroxylation sites is 1. The Morgan fingerprint density at radius 1 is 0.966 bits per heavy atom. The number of carbonyl (C=O) groups excluding carboxylic acids is 2. The maximum atomic E-state index is 13.0. The van der Waals surface area contributed by atoms with Crippen molar-refractivity contribution < 1.29 is 9.59 Å². The normalized spacial score (nSPS) is 15.9. The van der Waals surface area contributed by atoms with Crippen LogP contribution in [-0.2, 0) is 16.0 Å². The van der Waals surface area contributed by atoms with Crippen LogP contribution in [0.2, 0.25) is 0 Å². The molecule has 1 N–H and O–H groups in total. The average molecular weight is 393 g/mol. The van der Waals surface area contributed by atoms with Crippen molar-refractivity contribution in [2.24, 2.45) is 11.8 Å². The first kappa shape index (κ1) is 21.1. The Morgan fingerprint density at radius 3 is 2.17 bits per heavy atom. The van der Waals surface area contributed by atoms with Gasteiger partial charge < -0.3 is 10.2 Å². The van der Waals surface area contributed by atoms with Crippen molar-refractivity contribution in [3.63, 3.8) is 0 Å². The van der Waals surface area contributed by atoms with Gasteiger partial charge in [0.05, 0.1) is 5.92 Å². The molecule has 1 unspecified atom stereocenters. The zero-order chi connectivity index (χ0) is 20.8. The van der Waals surface area contributed by atoms with Crippen molar-refractivity contribution >= 4 is 17.5 Å². The molecule has 0 saturated carbocycles. The molecule has 2 aromatic rings. The molecule has 2 aromatic carbocycles. The van der Waals surface area contributed by atoms with E-state index in [1.807, 2.05) is 42.2 Å². The number of benzene rings is 2. The Labute approximate surface area is 174 Å². The first-order valence-electron chi connectivity index (χ1n) is 10.7. The van der Waals surface area contributed by atoms with Crippen molar-refractivity contribution in [2.75, 3.05) is 18.4 Å². The van der Waals surface area contributed by atoms with E-state index in [-0.39, 0.29) is 23.7 Å². The molecule has 1 atom stereocenters. The highest BCUT2D eigenvalue weighted by atomic mass is 16.2. The third-order valence-corrected chi connectivity index (χ3v) is 5.71. The first-order chi connectivity index (χ1) is 13.9. The lowest BCUT2D eigenvalue weighted by molar-refractivity contribution is -0.135. The quantitative estimate of drug-likeness (QED) is 0.763. The van der Waals surface area contributed by atoms with E-state index >= 15 is 0 Å². The van der Waals surface area contributed by atoms with Crippen LogP contribution in [0.25, 0.3) is 0 Å². The molecule has 1 aliphatic rings. The van der Waals surface area contributed by atoms with Crippen molar-refractivity contribution in [1.82, 2.24) is 4.90 Å². The molecular weight excluding hydrogens is 360 g/mol. The van der Waals surface area contributed by atoms with Gasteiger partial charge in [-0.05, 0) is 55.4 Å². The number of carbonyl (C=O) groups is 2. The molecule has 0 radical (unpaired) electrons. The molecule has 3 rings (SSSR count). The van der Waals surface area contributed by atoms with Crippen LogP contribution in [0.5, 0.6) is 0 Å². The standard InChI is InChI=1S/C25H32N2O2/c1-18(2)17-20-9-11-21(12-10-20)19(3)25(29)27-15-13-22(14-16-27)24(28)26-23-7-5-4-6-8-23/h4-12,18-19,22H,13-17H2,1-3H3,(H,26,28). The Morgan fingerprint density at radius 2 is 1.59 bits per heavy atom. The fourth-order valence-corrected chi connectivity index (χ4v) is 3.96. The van der Waals surface area contributed by atoms with E-state index in [9.17, 15) is 9.59 Å². The maximum Gasteiger partial charge on any atom is 0.229 e. The molecule has 0 bridgehead atoms. The van der Waals surface area contributed by atoms with Gasteiger partial charge in [-0.1, -0.05) is 56.3 Å². The number of nitrogens with zero attached hydrogens (tertiary/aromatic N) is 1. The summed E-state index contributed by atoms with van der Waals surface area (Å²) in [5, 5.41) is 2.98. The minimum Gasteiger partial charge on any atom is -0.342 e. The number of hydrogen-bond donors (Lipinski definition) is 1. The predicted molar refractivity (Wildman–Crippen MR) is 118 cm³/mol. The minimum atomic E-state index is -0.155. The lowest BCUT2D eigenvalue weighted by Gasteiger charge is -2.33. The van der Waals surface area contributed by atoms with Gasteiger partial charge in [-0.15, -0.1) is 0 Å². The molecule has 1 heterocycles. The van der Waals surface area contributed by atoms with E-state index in [2.05, 4.69) is 43.4 Å². The summed E-state index contributed by atoms with van der Waals surface area (Å²) >= 11 is 0. The van der Waals surface area contributed by atoms with Crippen LogP contribution in [0.4, 0.5) is 5.69 Å². The lowest BCUT2D eigenvalue weighted by atomic mass is 9.92. The molecule has 4 nitrogen and oxygen atoms in total. The Balaban J connectivity index is 1.52. The maximum absolute atomic E-state index is 13.0. The number of rotatable bonds is 6. The monoisotopic (exact) mass is 392 g/mol. The number of amides is 2. The highest BCUT2D eigenvalue weighted by Gasteiger charge is 2.29. The minimum absolute atomic E-state index is 0.0371. The van der Waals surface area contributed by atoms with Gasteiger partial charge in [0.15, 0.2) is 0 Å². The molecule has 4 heteroatoms. The largest absolute Gasteiger partial charge is 0.342 e. The number of nitrogens with one attached hydrogen (secondary N) is 1. The number of anilines is 1. The zero-order valence-electron chi connectivity index (χ0n) is 17.7. The highest BCUT2D eigenvalue weighted by molar-refractivity contribution is 5.92. The predicted octanol–water partition coefficient (Wildman–Crippen LogP) is 4.87. The Bertz CT molecular complexity index is 806. The first-order valence-corrected chi connectivity index (χ1v) is 10.7. The molecule has 0 spiro atoms. The summed E-state index contributed by atoms with van der Waals surface area (Å²) in [6, 6.07) is 18.0. The van der Waals surface area contributed by atoms with Gasteiger partial charge in [0.1, 0.15) is 0 Å². The van der Waals surface area contributed by atoms with Crippen LogP contribution in [-0.4, -0.2) is 29.8 Å².